The van der Waals surface area contributed by atoms with Gasteiger partial charge in [-0.15, -0.1) is 0 Å². The lowest BCUT2D eigenvalue weighted by molar-refractivity contribution is 0.402. The van der Waals surface area contributed by atoms with Crippen molar-refractivity contribution in [3.05, 3.63) is 89.5 Å². The third-order valence-corrected chi connectivity index (χ3v) is 6.06. The van der Waals surface area contributed by atoms with Crippen LogP contribution in [-0.4, -0.2) is 39.2 Å². The summed E-state index contributed by atoms with van der Waals surface area (Å²) in [4.78, 5) is 7.16. The molecule has 0 aromatic heterocycles. The van der Waals surface area contributed by atoms with Crippen LogP contribution >= 0.6 is 0 Å². The van der Waals surface area contributed by atoms with E-state index in [1.807, 2.05) is 6.07 Å². The molecule has 4 heteroatoms. The molecule has 3 aromatic carbocycles. The molecule has 4 nitrogen and oxygen atoms in total. The number of hydrogen-bond acceptors (Lipinski definition) is 4. The van der Waals surface area contributed by atoms with Gasteiger partial charge in [0, 0.05) is 44.1 Å². The van der Waals surface area contributed by atoms with E-state index in [1.54, 1.807) is 7.11 Å². The molecule has 0 saturated carbocycles. The number of anilines is 2. The predicted octanol–water partition coefficient (Wildman–Crippen LogP) is 5.56. The summed E-state index contributed by atoms with van der Waals surface area (Å²) in [5, 5.41) is 0. The third-order valence-electron chi connectivity index (χ3n) is 6.06. The van der Waals surface area contributed by atoms with E-state index in [0.29, 0.717) is 0 Å². The summed E-state index contributed by atoms with van der Waals surface area (Å²) in [6.45, 7) is 4.99. The highest BCUT2D eigenvalue weighted by Gasteiger charge is 2.14. The van der Waals surface area contributed by atoms with Gasteiger partial charge in [-0.3, -0.25) is 0 Å². The van der Waals surface area contributed by atoms with Crippen molar-refractivity contribution in [3.8, 4) is 5.75 Å². The molecule has 1 saturated heterocycles. The maximum Gasteiger partial charge on any atom is 0.119 e. The van der Waals surface area contributed by atoms with Gasteiger partial charge in [-0.2, -0.15) is 0 Å². The zero-order valence-corrected chi connectivity index (χ0v) is 19.6. The van der Waals surface area contributed by atoms with Gasteiger partial charge in [0.2, 0.25) is 0 Å². The van der Waals surface area contributed by atoms with E-state index >= 15 is 0 Å². The molecule has 168 valence electrons. The molecule has 0 N–H and O–H groups in total. The van der Waals surface area contributed by atoms with Crippen LogP contribution in [0.2, 0.25) is 0 Å². The summed E-state index contributed by atoms with van der Waals surface area (Å²) in [5.41, 5.74) is 6.49. The van der Waals surface area contributed by atoms with Crippen LogP contribution in [0.3, 0.4) is 0 Å². The summed E-state index contributed by atoms with van der Waals surface area (Å²) in [7, 11) is 5.95. The van der Waals surface area contributed by atoms with Gasteiger partial charge < -0.3 is 19.4 Å². The van der Waals surface area contributed by atoms with Gasteiger partial charge in [0.25, 0.3) is 0 Å². The van der Waals surface area contributed by atoms with Gasteiger partial charge >= 0.3 is 0 Å². The average Bonchev–Trinajstić information content (AvgIpc) is 3.34. The summed E-state index contributed by atoms with van der Waals surface area (Å²) >= 11 is 0. The first-order chi connectivity index (χ1) is 15.6. The van der Waals surface area contributed by atoms with Crippen LogP contribution in [0, 0.1) is 0 Å². The maximum atomic E-state index is 5.46. The number of hydrogen-bond donors (Lipinski definition) is 0. The lowest BCUT2D eigenvalue weighted by Gasteiger charge is -2.27. The minimum absolute atomic E-state index is 0.830. The molecular formula is C28H35N3O. The highest BCUT2D eigenvalue weighted by Crippen LogP contribution is 2.25. The Labute approximate surface area is 193 Å². The molecular weight excluding hydrogens is 394 g/mol. The van der Waals surface area contributed by atoms with Crippen molar-refractivity contribution in [3.63, 3.8) is 0 Å². The quantitative estimate of drug-likeness (QED) is 0.443. The smallest absolute Gasteiger partial charge is 0.119 e. The lowest BCUT2D eigenvalue weighted by Crippen LogP contribution is -2.23. The Morgan fingerprint density at radius 2 is 1.41 bits per heavy atom. The SMILES string of the molecule is COc1cccc(CN(Cc2ccc(N3CCCC3)cc2)c2cccc(CN(C)C)c2)c1. The summed E-state index contributed by atoms with van der Waals surface area (Å²) in [5.74, 6) is 0.902. The molecule has 0 atom stereocenters. The first kappa shape index (κ1) is 22.2. The fraction of sp³-hybridized carbons (Fsp3) is 0.357. The van der Waals surface area contributed by atoms with Crippen LogP contribution in [0.25, 0.3) is 0 Å². The van der Waals surface area contributed by atoms with Crippen LogP contribution in [0.5, 0.6) is 5.75 Å². The van der Waals surface area contributed by atoms with Crippen molar-refractivity contribution in [2.24, 2.45) is 0 Å². The van der Waals surface area contributed by atoms with Gasteiger partial charge in [-0.1, -0.05) is 36.4 Å². The van der Waals surface area contributed by atoms with E-state index in [9.17, 15) is 0 Å². The van der Waals surface area contributed by atoms with E-state index in [1.165, 1.54) is 54.0 Å². The first-order valence-electron chi connectivity index (χ1n) is 11.6. The third kappa shape index (κ3) is 5.83. The van der Waals surface area contributed by atoms with Crippen molar-refractivity contribution < 1.29 is 4.74 Å². The molecule has 3 aromatic rings. The van der Waals surface area contributed by atoms with E-state index in [2.05, 4.69) is 95.5 Å². The topological polar surface area (TPSA) is 19.0 Å². The van der Waals surface area contributed by atoms with E-state index in [4.69, 9.17) is 4.74 Å². The molecule has 1 fully saturated rings. The van der Waals surface area contributed by atoms with Crippen LogP contribution in [0.1, 0.15) is 29.5 Å². The molecule has 1 aliphatic rings. The van der Waals surface area contributed by atoms with Crippen LogP contribution in [0.4, 0.5) is 11.4 Å². The number of methoxy groups -OCH3 is 1. The summed E-state index contributed by atoms with van der Waals surface area (Å²) < 4.78 is 5.46. The van der Waals surface area contributed by atoms with Crippen LogP contribution in [0.15, 0.2) is 72.8 Å². The Kier molecular flexibility index (Phi) is 7.33. The zero-order chi connectivity index (χ0) is 22.3. The molecule has 1 heterocycles. The normalized spacial score (nSPS) is 13.6. The van der Waals surface area contributed by atoms with Gasteiger partial charge in [-0.25, -0.2) is 0 Å². The predicted molar refractivity (Wildman–Crippen MR) is 135 cm³/mol. The molecule has 0 bridgehead atoms. The first-order valence-corrected chi connectivity index (χ1v) is 11.6. The molecule has 1 aliphatic heterocycles. The Morgan fingerprint density at radius 1 is 0.750 bits per heavy atom. The van der Waals surface area contributed by atoms with Crippen molar-refractivity contribution in [2.75, 3.05) is 44.1 Å². The fourth-order valence-electron chi connectivity index (χ4n) is 4.45. The summed E-state index contributed by atoms with van der Waals surface area (Å²) in [6.07, 6.45) is 2.61. The lowest BCUT2D eigenvalue weighted by atomic mass is 10.1. The van der Waals surface area contributed by atoms with Crippen LogP contribution < -0.4 is 14.5 Å². The molecule has 0 unspecified atom stereocenters. The monoisotopic (exact) mass is 429 g/mol. The van der Waals surface area contributed by atoms with Crippen LogP contribution in [-0.2, 0) is 19.6 Å². The second-order valence-electron chi connectivity index (χ2n) is 8.98. The Bertz CT molecular complexity index is 994. The zero-order valence-electron chi connectivity index (χ0n) is 19.6. The van der Waals surface area contributed by atoms with Gasteiger partial charge in [-0.05, 0) is 80.0 Å². The molecule has 0 radical (unpaired) electrons. The Balaban J connectivity index is 1.58. The number of benzene rings is 3. The minimum Gasteiger partial charge on any atom is -0.497 e. The van der Waals surface area contributed by atoms with E-state index < -0.39 is 0 Å². The van der Waals surface area contributed by atoms with Gasteiger partial charge in [0.05, 0.1) is 7.11 Å². The number of rotatable bonds is 9. The molecule has 0 aliphatic carbocycles. The highest BCUT2D eigenvalue weighted by atomic mass is 16.5. The molecule has 0 amide bonds. The summed E-state index contributed by atoms with van der Waals surface area (Å²) in [6, 6.07) is 26.4. The molecule has 0 spiro atoms. The average molecular weight is 430 g/mol. The second kappa shape index (κ2) is 10.6. The maximum absolute atomic E-state index is 5.46. The van der Waals surface area contributed by atoms with Gasteiger partial charge in [0.15, 0.2) is 0 Å². The van der Waals surface area contributed by atoms with E-state index in [-0.39, 0.29) is 0 Å². The second-order valence-corrected chi connectivity index (χ2v) is 8.98. The number of ether oxygens (including phenoxy) is 1. The molecule has 4 rings (SSSR count). The van der Waals surface area contributed by atoms with Crippen molar-refractivity contribution in [2.45, 2.75) is 32.5 Å². The van der Waals surface area contributed by atoms with Crippen molar-refractivity contribution in [1.82, 2.24) is 4.90 Å². The van der Waals surface area contributed by atoms with E-state index in [0.717, 1.165) is 25.4 Å². The van der Waals surface area contributed by atoms with Crippen molar-refractivity contribution >= 4 is 11.4 Å². The Hall–Kier alpha value is -2.98. The highest BCUT2D eigenvalue weighted by molar-refractivity contribution is 5.52. The minimum atomic E-state index is 0.830. The molecule has 32 heavy (non-hydrogen) atoms. The Morgan fingerprint density at radius 3 is 2.09 bits per heavy atom. The van der Waals surface area contributed by atoms with Crippen molar-refractivity contribution in [1.29, 1.82) is 0 Å². The fourth-order valence-corrected chi connectivity index (χ4v) is 4.45. The number of nitrogens with zero attached hydrogens (tertiary/aromatic N) is 3. The largest absolute Gasteiger partial charge is 0.497 e. The standard InChI is InChI=1S/C28H35N3O/c1-29(2)20-24-8-6-10-27(18-24)31(22-25-9-7-11-28(19-25)32-3)21-23-12-14-26(15-13-23)30-16-4-5-17-30/h6-15,18-19H,4-5,16-17,20-22H2,1-3H3. The van der Waals surface area contributed by atoms with Gasteiger partial charge in [0.1, 0.15) is 5.75 Å².